The molecular formula is C18H16BrN3O. The number of nitrogens with zero attached hydrogens (tertiary/aromatic N) is 2. The Bertz CT molecular complexity index is 827. The van der Waals surface area contributed by atoms with Crippen LogP contribution < -0.4 is 5.32 Å². The molecule has 3 aromatic rings. The molecule has 0 aliphatic rings. The van der Waals surface area contributed by atoms with Crippen LogP contribution in [0.25, 0.3) is 11.3 Å². The van der Waals surface area contributed by atoms with Crippen LogP contribution in [0.2, 0.25) is 0 Å². The van der Waals surface area contributed by atoms with Crippen LogP contribution in [0.4, 0.5) is 5.82 Å². The molecule has 1 amide bonds. The van der Waals surface area contributed by atoms with Gasteiger partial charge in [-0.05, 0) is 17.7 Å². The molecule has 3 rings (SSSR count). The van der Waals surface area contributed by atoms with Crippen molar-refractivity contribution in [1.82, 2.24) is 9.78 Å². The molecule has 0 radical (unpaired) electrons. The number of benzene rings is 2. The molecule has 23 heavy (non-hydrogen) atoms. The van der Waals surface area contributed by atoms with Crippen LogP contribution in [0.15, 0.2) is 65.1 Å². The second-order valence-electron chi connectivity index (χ2n) is 5.25. The van der Waals surface area contributed by atoms with Gasteiger partial charge >= 0.3 is 0 Å². The molecule has 5 heteroatoms. The van der Waals surface area contributed by atoms with Crippen molar-refractivity contribution in [2.75, 3.05) is 5.32 Å². The minimum atomic E-state index is -0.111. The Balaban J connectivity index is 1.98. The van der Waals surface area contributed by atoms with Crippen molar-refractivity contribution < 1.29 is 4.79 Å². The SMILES string of the molecule is CC(=O)Nc1cc(-c2cccc(Br)c2)nn1Cc1ccccc1. The number of hydrogen-bond acceptors (Lipinski definition) is 2. The first-order chi connectivity index (χ1) is 11.1. The molecule has 0 atom stereocenters. The summed E-state index contributed by atoms with van der Waals surface area (Å²) in [5.74, 6) is 0.580. The quantitative estimate of drug-likeness (QED) is 0.744. The van der Waals surface area contributed by atoms with E-state index < -0.39 is 0 Å². The van der Waals surface area contributed by atoms with Gasteiger partial charge in [0.15, 0.2) is 0 Å². The van der Waals surface area contributed by atoms with Gasteiger partial charge in [-0.15, -0.1) is 0 Å². The van der Waals surface area contributed by atoms with Gasteiger partial charge in [0.05, 0.1) is 12.2 Å². The summed E-state index contributed by atoms with van der Waals surface area (Å²) >= 11 is 3.47. The first-order valence-corrected chi connectivity index (χ1v) is 8.06. The van der Waals surface area contributed by atoms with Gasteiger partial charge in [-0.25, -0.2) is 4.68 Å². The number of amides is 1. The third-order valence-corrected chi connectivity index (χ3v) is 3.87. The normalized spacial score (nSPS) is 10.5. The van der Waals surface area contributed by atoms with E-state index in [-0.39, 0.29) is 5.91 Å². The van der Waals surface area contributed by atoms with Gasteiger partial charge in [-0.1, -0.05) is 58.4 Å². The maximum Gasteiger partial charge on any atom is 0.222 e. The van der Waals surface area contributed by atoms with E-state index in [1.807, 2.05) is 65.3 Å². The summed E-state index contributed by atoms with van der Waals surface area (Å²) in [7, 11) is 0. The predicted octanol–water partition coefficient (Wildman–Crippen LogP) is 4.32. The molecule has 0 saturated carbocycles. The third kappa shape index (κ3) is 3.87. The zero-order valence-corrected chi connectivity index (χ0v) is 14.2. The van der Waals surface area contributed by atoms with E-state index in [1.165, 1.54) is 6.92 Å². The van der Waals surface area contributed by atoms with Crippen molar-refractivity contribution in [3.8, 4) is 11.3 Å². The fourth-order valence-corrected chi connectivity index (χ4v) is 2.76. The van der Waals surface area contributed by atoms with E-state index >= 15 is 0 Å². The van der Waals surface area contributed by atoms with E-state index in [0.717, 1.165) is 21.3 Å². The molecule has 4 nitrogen and oxygen atoms in total. The van der Waals surface area contributed by atoms with Crippen LogP contribution >= 0.6 is 15.9 Å². The number of carbonyl (C=O) groups is 1. The molecule has 0 aliphatic heterocycles. The van der Waals surface area contributed by atoms with Gasteiger partial charge in [0.2, 0.25) is 5.91 Å². The maximum absolute atomic E-state index is 11.5. The Labute approximate surface area is 143 Å². The highest BCUT2D eigenvalue weighted by Crippen LogP contribution is 2.25. The van der Waals surface area contributed by atoms with Crippen molar-refractivity contribution in [1.29, 1.82) is 0 Å². The number of nitrogens with one attached hydrogen (secondary N) is 1. The molecule has 0 saturated heterocycles. The lowest BCUT2D eigenvalue weighted by molar-refractivity contribution is -0.114. The Morgan fingerprint density at radius 2 is 1.91 bits per heavy atom. The first-order valence-electron chi connectivity index (χ1n) is 7.27. The summed E-state index contributed by atoms with van der Waals surface area (Å²) in [6.07, 6.45) is 0. The van der Waals surface area contributed by atoms with E-state index in [4.69, 9.17) is 0 Å². The zero-order chi connectivity index (χ0) is 16.2. The topological polar surface area (TPSA) is 46.9 Å². The largest absolute Gasteiger partial charge is 0.311 e. The number of carbonyl (C=O) groups excluding carboxylic acids is 1. The van der Waals surface area contributed by atoms with Crippen molar-refractivity contribution >= 4 is 27.7 Å². The van der Waals surface area contributed by atoms with Gasteiger partial charge in [0, 0.05) is 23.0 Å². The minimum Gasteiger partial charge on any atom is -0.311 e. The minimum absolute atomic E-state index is 0.111. The van der Waals surface area contributed by atoms with Gasteiger partial charge in [0.1, 0.15) is 5.82 Å². The summed E-state index contributed by atoms with van der Waals surface area (Å²) in [6, 6.07) is 19.9. The first kappa shape index (κ1) is 15.5. The standard InChI is InChI=1S/C18H16BrN3O/c1-13(23)20-18-11-17(15-8-5-9-16(19)10-15)21-22(18)12-14-6-3-2-4-7-14/h2-11H,12H2,1H3,(H,20,23). The highest BCUT2D eigenvalue weighted by molar-refractivity contribution is 9.10. The monoisotopic (exact) mass is 369 g/mol. The highest BCUT2D eigenvalue weighted by atomic mass is 79.9. The van der Waals surface area contributed by atoms with Crippen LogP contribution in [0.3, 0.4) is 0 Å². The molecule has 2 aromatic carbocycles. The summed E-state index contributed by atoms with van der Waals surface area (Å²) in [5, 5.41) is 7.50. The van der Waals surface area contributed by atoms with Crippen LogP contribution in [0.5, 0.6) is 0 Å². The van der Waals surface area contributed by atoms with E-state index in [2.05, 4.69) is 26.3 Å². The number of halogens is 1. The number of rotatable bonds is 4. The lowest BCUT2D eigenvalue weighted by Gasteiger charge is -2.07. The third-order valence-electron chi connectivity index (χ3n) is 3.38. The lowest BCUT2D eigenvalue weighted by Crippen LogP contribution is -2.12. The van der Waals surface area contributed by atoms with Crippen molar-refractivity contribution in [2.24, 2.45) is 0 Å². The second kappa shape index (κ2) is 6.79. The maximum atomic E-state index is 11.5. The second-order valence-corrected chi connectivity index (χ2v) is 6.17. The van der Waals surface area contributed by atoms with Gasteiger partial charge < -0.3 is 5.32 Å². The Morgan fingerprint density at radius 3 is 2.61 bits per heavy atom. The van der Waals surface area contributed by atoms with Crippen molar-refractivity contribution in [3.63, 3.8) is 0 Å². The lowest BCUT2D eigenvalue weighted by atomic mass is 10.1. The van der Waals surface area contributed by atoms with E-state index in [9.17, 15) is 4.79 Å². The summed E-state index contributed by atoms with van der Waals surface area (Å²) in [4.78, 5) is 11.5. The van der Waals surface area contributed by atoms with Crippen LogP contribution in [0.1, 0.15) is 12.5 Å². The average Bonchev–Trinajstić information content (AvgIpc) is 2.90. The fraction of sp³-hybridized carbons (Fsp3) is 0.111. The smallest absolute Gasteiger partial charge is 0.222 e. The molecule has 0 spiro atoms. The summed E-state index contributed by atoms with van der Waals surface area (Å²) in [6.45, 7) is 2.10. The van der Waals surface area contributed by atoms with Crippen LogP contribution in [-0.2, 0) is 11.3 Å². The summed E-state index contributed by atoms with van der Waals surface area (Å²) in [5.41, 5.74) is 2.95. The number of hydrogen-bond donors (Lipinski definition) is 1. The van der Waals surface area contributed by atoms with E-state index in [1.54, 1.807) is 0 Å². The Kier molecular flexibility index (Phi) is 4.57. The predicted molar refractivity (Wildman–Crippen MR) is 95.2 cm³/mol. The fourth-order valence-electron chi connectivity index (χ4n) is 2.36. The molecule has 1 N–H and O–H groups in total. The molecule has 1 heterocycles. The number of aromatic nitrogens is 2. The summed E-state index contributed by atoms with van der Waals surface area (Å²) < 4.78 is 2.81. The molecular weight excluding hydrogens is 354 g/mol. The highest BCUT2D eigenvalue weighted by Gasteiger charge is 2.11. The van der Waals surface area contributed by atoms with Crippen LogP contribution in [-0.4, -0.2) is 15.7 Å². The van der Waals surface area contributed by atoms with Gasteiger partial charge in [0.25, 0.3) is 0 Å². The molecule has 1 aromatic heterocycles. The molecule has 0 bridgehead atoms. The molecule has 116 valence electrons. The molecule has 0 fully saturated rings. The molecule has 0 unspecified atom stereocenters. The molecule has 0 aliphatic carbocycles. The Morgan fingerprint density at radius 1 is 1.13 bits per heavy atom. The number of anilines is 1. The van der Waals surface area contributed by atoms with Crippen molar-refractivity contribution in [3.05, 3.63) is 70.7 Å². The van der Waals surface area contributed by atoms with Gasteiger partial charge in [-0.2, -0.15) is 5.10 Å². The van der Waals surface area contributed by atoms with Crippen LogP contribution in [0, 0.1) is 0 Å². The average molecular weight is 370 g/mol. The Hall–Kier alpha value is -2.40. The van der Waals surface area contributed by atoms with E-state index in [0.29, 0.717) is 12.4 Å². The zero-order valence-electron chi connectivity index (χ0n) is 12.7. The van der Waals surface area contributed by atoms with Crippen molar-refractivity contribution in [2.45, 2.75) is 13.5 Å². The van der Waals surface area contributed by atoms with Gasteiger partial charge in [-0.3, -0.25) is 4.79 Å².